The molecule has 2 rings (SSSR count). The number of thiophene rings is 1. The first-order chi connectivity index (χ1) is 7.20. The van der Waals surface area contributed by atoms with Crippen molar-refractivity contribution in [2.45, 2.75) is 12.5 Å². The molecule has 1 saturated heterocycles. The van der Waals surface area contributed by atoms with Crippen molar-refractivity contribution in [1.29, 1.82) is 0 Å². The smallest absolute Gasteiger partial charge is 0.264 e. The molecule has 0 saturated carbocycles. The molecule has 0 aromatic carbocycles. The van der Waals surface area contributed by atoms with Crippen LogP contribution in [0.2, 0.25) is 0 Å². The van der Waals surface area contributed by atoms with Crippen molar-refractivity contribution in [3.63, 3.8) is 0 Å². The molecule has 1 fully saturated rings. The summed E-state index contributed by atoms with van der Waals surface area (Å²) in [5.41, 5.74) is 0. The van der Waals surface area contributed by atoms with Gasteiger partial charge in [0.15, 0.2) is 0 Å². The van der Waals surface area contributed by atoms with Crippen LogP contribution in [0, 0.1) is 0 Å². The van der Waals surface area contributed by atoms with E-state index in [2.05, 4.69) is 21.2 Å². The fourth-order valence-electron chi connectivity index (χ4n) is 1.76. The number of carbonyl (C=O) groups excluding carboxylic acids is 1. The molecular weight excluding hydrogens is 276 g/mol. The second-order valence-corrected chi connectivity index (χ2v) is 5.48. The molecule has 1 aromatic rings. The number of amides is 1. The van der Waals surface area contributed by atoms with E-state index in [4.69, 9.17) is 0 Å². The maximum Gasteiger partial charge on any atom is 0.264 e. The van der Waals surface area contributed by atoms with E-state index in [1.54, 1.807) is 0 Å². The molecule has 1 aliphatic heterocycles. The lowest BCUT2D eigenvalue weighted by Gasteiger charge is -2.15. The molecule has 1 amide bonds. The third-order valence-corrected chi connectivity index (χ3v) is 4.34. The zero-order chi connectivity index (χ0) is 10.8. The van der Waals surface area contributed by atoms with Gasteiger partial charge in [0.2, 0.25) is 0 Å². The molecule has 82 valence electrons. The van der Waals surface area contributed by atoms with Crippen LogP contribution in [0.5, 0.6) is 0 Å². The number of carbonyl (C=O) groups is 1. The molecule has 1 atom stereocenters. The minimum atomic E-state index is 0.156. The zero-order valence-corrected chi connectivity index (χ0v) is 10.9. The first kappa shape index (κ1) is 11.1. The first-order valence-electron chi connectivity index (χ1n) is 4.91. The first-order valence-corrected chi connectivity index (χ1v) is 6.58. The van der Waals surface area contributed by atoms with Crippen LogP contribution >= 0.6 is 27.3 Å². The van der Waals surface area contributed by atoms with E-state index in [1.165, 1.54) is 11.3 Å². The monoisotopic (exact) mass is 288 g/mol. The lowest BCUT2D eigenvalue weighted by molar-refractivity contribution is 0.0794. The molecule has 1 N–H and O–H groups in total. The van der Waals surface area contributed by atoms with E-state index in [1.807, 2.05) is 23.4 Å². The van der Waals surface area contributed by atoms with Crippen LogP contribution in [0.3, 0.4) is 0 Å². The molecule has 0 aliphatic carbocycles. The molecule has 1 aliphatic rings. The Morgan fingerprint density at radius 1 is 1.73 bits per heavy atom. The van der Waals surface area contributed by atoms with Gasteiger partial charge < -0.3 is 10.2 Å². The van der Waals surface area contributed by atoms with E-state index < -0.39 is 0 Å². The van der Waals surface area contributed by atoms with E-state index in [9.17, 15) is 4.79 Å². The van der Waals surface area contributed by atoms with Crippen LogP contribution in [-0.4, -0.2) is 37.0 Å². The molecule has 15 heavy (non-hydrogen) atoms. The Morgan fingerprint density at radius 2 is 2.53 bits per heavy atom. The van der Waals surface area contributed by atoms with Gasteiger partial charge in [-0.1, -0.05) is 0 Å². The molecular formula is C10H13BrN2OS. The van der Waals surface area contributed by atoms with Crippen LogP contribution in [0.25, 0.3) is 0 Å². The van der Waals surface area contributed by atoms with E-state index in [-0.39, 0.29) is 5.91 Å². The SMILES string of the molecule is CNC1CCN(C(=O)c2cc(Br)cs2)C1. The van der Waals surface area contributed by atoms with Gasteiger partial charge in [0.25, 0.3) is 5.91 Å². The second-order valence-electron chi connectivity index (χ2n) is 3.65. The van der Waals surface area contributed by atoms with Crippen molar-refractivity contribution in [3.8, 4) is 0 Å². The maximum atomic E-state index is 12.0. The van der Waals surface area contributed by atoms with Crippen LogP contribution in [-0.2, 0) is 0 Å². The average Bonchev–Trinajstić information content (AvgIpc) is 2.84. The van der Waals surface area contributed by atoms with Crippen LogP contribution < -0.4 is 5.32 Å². The summed E-state index contributed by atoms with van der Waals surface area (Å²) in [6.45, 7) is 1.69. The van der Waals surface area contributed by atoms with Gasteiger partial charge in [0.05, 0.1) is 4.88 Å². The van der Waals surface area contributed by atoms with Gasteiger partial charge in [-0.25, -0.2) is 0 Å². The summed E-state index contributed by atoms with van der Waals surface area (Å²) < 4.78 is 0.986. The average molecular weight is 289 g/mol. The van der Waals surface area contributed by atoms with Gasteiger partial charge in [-0.15, -0.1) is 11.3 Å². The van der Waals surface area contributed by atoms with Crippen LogP contribution in [0.4, 0.5) is 0 Å². The predicted octanol–water partition coefficient (Wildman–Crippen LogP) is 1.94. The molecule has 1 aromatic heterocycles. The van der Waals surface area contributed by atoms with Crippen molar-refractivity contribution in [2.75, 3.05) is 20.1 Å². The van der Waals surface area contributed by atoms with Crippen LogP contribution in [0.15, 0.2) is 15.9 Å². The zero-order valence-electron chi connectivity index (χ0n) is 8.50. The number of hydrogen-bond donors (Lipinski definition) is 1. The molecule has 2 heterocycles. The standard InChI is InChI=1S/C10H13BrN2OS/c1-12-8-2-3-13(5-8)10(14)9-4-7(11)6-15-9/h4,6,8,12H,2-3,5H2,1H3. The summed E-state index contributed by atoms with van der Waals surface area (Å²) in [4.78, 5) is 14.7. The van der Waals surface area contributed by atoms with E-state index in [0.29, 0.717) is 6.04 Å². The molecule has 1 unspecified atom stereocenters. The largest absolute Gasteiger partial charge is 0.336 e. The molecule has 0 radical (unpaired) electrons. The number of nitrogens with zero attached hydrogens (tertiary/aromatic N) is 1. The fourth-order valence-corrected chi connectivity index (χ4v) is 3.15. The fraction of sp³-hybridized carbons (Fsp3) is 0.500. The lowest BCUT2D eigenvalue weighted by Crippen LogP contribution is -2.33. The van der Waals surface area contributed by atoms with Crippen molar-refractivity contribution in [1.82, 2.24) is 10.2 Å². The summed E-state index contributed by atoms with van der Waals surface area (Å²) in [6.07, 6.45) is 1.05. The Kier molecular flexibility index (Phi) is 3.43. The lowest BCUT2D eigenvalue weighted by atomic mass is 10.3. The number of likely N-dealkylation sites (N-methyl/N-ethyl adjacent to an activating group) is 1. The predicted molar refractivity (Wildman–Crippen MR) is 65.4 cm³/mol. The molecule has 0 spiro atoms. The Balaban J connectivity index is 2.03. The third kappa shape index (κ3) is 2.41. The normalized spacial score (nSPS) is 20.9. The Morgan fingerprint density at radius 3 is 3.07 bits per heavy atom. The highest BCUT2D eigenvalue weighted by atomic mass is 79.9. The van der Waals surface area contributed by atoms with Gasteiger partial charge in [-0.3, -0.25) is 4.79 Å². The van der Waals surface area contributed by atoms with E-state index >= 15 is 0 Å². The summed E-state index contributed by atoms with van der Waals surface area (Å²) in [7, 11) is 1.94. The topological polar surface area (TPSA) is 32.3 Å². The van der Waals surface area contributed by atoms with E-state index in [0.717, 1.165) is 28.9 Å². The van der Waals surface area contributed by atoms with Gasteiger partial charge in [0, 0.05) is 29.0 Å². The van der Waals surface area contributed by atoms with Crippen molar-refractivity contribution < 1.29 is 4.79 Å². The van der Waals surface area contributed by atoms with Crippen molar-refractivity contribution >= 4 is 33.2 Å². The van der Waals surface area contributed by atoms with Crippen LogP contribution in [0.1, 0.15) is 16.1 Å². The Hall–Kier alpha value is -0.390. The number of nitrogens with one attached hydrogen (secondary N) is 1. The molecule has 0 bridgehead atoms. The maximum absolute atomic E-state index is 12.0. The van der Waals surface area contributed by atoms with Gasteiger partial charge in [-0.05, 0) is 35.5 Å². The van der Waals surface area contributed by atoms with Crippen molar-refractivity contribution in [2.24, 2.45) is 0 Å². The van der Waals surface area contributed by atoms with Crippen molar-refractivity contribution in [3.05, 3.63) is 20.8 Å². The minimum Gasteiger partial charge on any atom is -0.336 e. The molecule has 5 heteroatoms. The van der Waals surface area contributed by atoms with Gasteiger partial charge >= 0.3 is 0 Å². The number of halogens is 1. The third-order valence-electron chi connectivity index (χ3n) is 2.66. The highest BCUT2D eigenvalue weighted by Crippen LogP contribution is 2.22. The number of rotatable bonds is 2. The van der Waals surface area contributed by atoms with Gasteiger partial charge in [-0.2, -0.15) is 0 Å². The quantitative estimate of drug-likeness (QED) is 0.902. The Bertz CT molecular complexity index is 366. The second kappa shape index (κ2) is 4.63. The summed E-state index contributed by atoms with van der Waals surface area (Å²) in [6, 6.07) is 2.34. The summed E-state index contributed by atoms with van der Waals surface area (Å²) in [5, 5.41) is 5.15. The highest BCUT2D eigenvalue weighted by molar-refractivity contribution is 9.10. The summed E-state index contributed by atoms with van der Waals surface area (Å²) >= 11 is 4.86. The summed E-state index contributed by atoms with van der Waals surface area (Å²) in [5.74, 6) is 0.156. The van der Waals surface area contributed by atoms with Gasteiger partial charge in [0.1, 0.15) is 0 Å². The Labute approximate surface area is 102 Å². The number of hydrogen-bond acceptors (Lipinski definition) is 3. The highest BCUT2D eigenvalue weighted by Gasteiger charge is 2.26. The minimum absolute atomic E-state index is 0.156. The number of likely N-dealkylation sites (tertiary alicyclic amines) is 1. The molecule has 3 nitrogen and oxygen atoms in total.